The second kappa shape index (κ2) is 5.18. The number of rotatable bonds is 0. The number of fused-ring (bicyclic) bond motifs is 6. The second-order valence-corrected chi connectivity index (χ2v) is 5.15. The molecule has 4 rings (SSSR count). The van der Waals surface area contributed by atoms with Gasteiger partial charge in [0.15, 0.2) is 0 Å². The van der Waals surface area contributed by atoms with E-state index in [1.165, 1.54) is 32.3 Å². The molecular formula is C19H15S. The molecule has 0 aliphatic heterocycles. The number of hydrogen-bond donors (Lipinski definition) is 1. The molecule has 0 heterocycles. The zero-order valence-corrected chi connectivity index (χ0v) is 12.0. The molecule has 0 N–H and O–H groups in total. The lowest BCUT2D eigenvalue weighted by atomic mass is 9.92. The Morgan fingerprint density at radius 1 is 0.800 bits per heavy atom. The van der Waals surface area contributed by atoms with Crippen molar-refractivity contribution in [2.45, 2.75) is 0 Å². The van der Waals surface area contributed by atoms with Crippen LogP contribution in [0.4, 0.5) is 0 Å². The Morgan fingerprint density at radius 2 is 1.50 bits per heavy atom. The quantitative estimate of drug-likeness (QED) is 0.551. The van der Waals surface area contributed by atoms with Crippen molar-refractivity contribution in [2.75, 3.05) is 0 Å². The van der Waals surface area contributed by atoms with Crippen LogP contribution in [-0.4, -0.2) is 0 Å². The molecule has 2 aromatic carbocycles. The lowest BCUT2D eigenvalue weighted by molar-refractivity contribution is 1.43. The lowest BCUT2D eigenvalue weighted by Gasteiger charge is -2.11. The summed E-state index contributed by atoms with van der Waals surface area (Å²) in [5.41, 5.74) is 2.62. The Bertz CT molecular complexity index is 867. The van der Waals surface area contributed by atoms with Crippen LogP contribution in [0.3, 0.4) is 0 Å². The molecule has 0 spiro atoms. The highest BCUT2D eigenvalue weighted by Gasteiger charge is 2.13. The first-order chi connectivity index (χ1) is 9.84. The Morgan fingerprint density at radius 3 is 2.25 bits per heavy atom. The average Bonchev–Trinajstić information content (AvgIpc) is 2.92. The van der Waals surface area contributed by atoms with Crippen LogP contribution in [0.1, 0.15) is 11.1 Å². The van der Waals surface area contributed by atoms with Crippen molar-refractivity contribution in [1.82, 2.24) is 0 Å². The van der Waals surface area contributed by atoms with E-state index in [1.807, 2.05) is 0 Å². The predicted molar refractivity (Wildman–Crippen MR) is 92.9 cm³/mol. The molecule has 0 unspecified atom stereocenters. The van der Waals surface area contributed by atoms with Crippen LogP contribution in [0, 0.1) is 6.42 Å². The van der Waals surface area contributed by atoms with Gasteiger partial charge in [0.2, 0.25) is 0 Å². The van der Waals surface area contributed by atoms with Gasteiger partial charge in [0.05, 0.1) is 0 Å². The van der Waals surface area contributed by atoms with Gasteiger partial charge in [0.25, 0.3) is 0 Å². The first-order valence-corrected chi connectivity index (χ1v) is 6.98. The van der Waals surface area contributed by atoms with Crippen molar-refractivity contribution in [3.63, 3.8) is 0 Å². The summed E-state index contributed by atoms with van der Waals surface area (Å²) in [6, 6.07) is 8.59. The smallest absolute Gasteiger partial charge is 0.0137 e. The maximum Gasteiger partial charge on any atom is 0.0137 e. The van der Waals surface area contributed by atoms with Gasteiger partial charge >= 0.3 is 0 Å². The summed E-state index contributed by atoms with van der Waals surface area (Å²) in [5, 5.41) is 5.24. The zero-order valence-electron chi connectivity index (χ0n) is 11.1. The van der Waals surface area contributed by atoms with E-state index in [1.54, 1.807) is 0 Å². The third-order valence-corrected chi connectivity index (χ3v) is 3.86. The summed E-state index contributed by atoms with van der Waals surface area (Å²) in [6.45, 7) is 6.00. The minimum atomic E-state index is 1.03. The molecule has 0 amide bonds. The number of allylic oxidation sites excluding steroid dienone is 3. The van der Waals surface area contributed by atoms with E-state index in [0.29, 0.717) is 0 Å². The molecule has 0 saturated carbocycles. The first-order valence-electron chi connectivity index (χ1n) is 6.53. The van der Waals surface area contributed by atoms with Crippen molar-refractivity contribution in [1.29, 1.82) is 0 Å². The highest BCUT2D eigenvalue weighted by molar-refractivity contribution is 7.85. The van der Waals surface area contributed by atoms with Gasteiger partial charge in [-0.15, -0.1) is 25.8 Å². The molecule has 0 saturated heterocycles. The van der Waals surface area contributed by atoms with Crippen LogP contribution in [-0.2, 0) is 0 Å². The van der Waals surface area contributed by atoms with Crippen LogP contribution in [0.5, 0.6) is 0 Å². The fraction of sp³-hybridized carbons (Fsp3) is 0. The van der Waals surface area contributed by atoms with Crippen molar-refractivity contribution < 1.29 is 0 Å². The van der Waals surface area contributed by atoms with Gasteiger partial charge in [-0.1, -0.05) is 42.5 Å². The van der Waals surface area contributed by atoms with E-state index in [-0.39, 0.29) is 0 Å². The summed E-state index contributed by atoms with van der Waals surface area (Å²) in [6.07, 6.45) is 12.9. The predicted octanol–water partition coefficient (Wildman–Crippen LogP) is 3.61. The minimum Gasteiger partial charge on any atom is -0.143 e. The van der Waals surface area contributed by atoms with Crippen LogP contribution in [0.15, 0.2) is 54.5 Å². The fourth-order valence-electron chi connectivity index (χ4n) is 2.84. The largest absolute Gasteiger partial charge is 0.143 e. The van der Waals surface area contributed by atoms with Crippen molar-refractivity contribution >= 4 is 41.6 Å². The van der Waals surface area contributed by atoms with Gasteiger partial charge in [0, 0.05) is 11.3 Å². The highest BCUT2D eigenvalue weighted by atomic mass is 32.1. The van der Waals surface area contributed by atoms with Gasteiger partial charge in [-0.05, 0) is 44.5 Å². The van der Waals surface area contributed by atoms with Crippen LogP contribution >= 0.6 is 12.6 Å². The van der Waals surface area contributed by atoms with Crippen LogP contribution < -0.4 is 10.4 Å². The molecule has 0 bridgehead atoms. The maximum atomic E-state index is 4.49. The van der Waals surface area contributed by atoms with Crippen LogP contribution in [0.25, 0.3) is 29.0 Å². The van der Waals surface area contributed by atoms with E-state index in [2.05, 4.69) is 86.9 Å². The molecule has 0 nitrogen and oxygen atoms in total. The van der Waals surface area contributed by atoms with Gasteiger partial charge in [-0.3, -0.25) is 0 Å². The van der Waals surface area contributed by atoms with E-state index in [9.17, 15) is 0 Å². The molecule has 1 heteroatoms. The van der Waals surface area contributed by atoms with Crippen LogP contribution in [0.2, 0.25) is 0 Å². The SMILES string of the molecule is C=C.SC1=Cc2c(c3c(c4ccccc24)[CH]C=CC=3)=C1. The molecule has 2 aromatic rings. The summed E-state index contributed by atoms with van der Waals surface area (Å²) in [5.74, 6) is 0. The van der Waals surface area contributed by atoms with Gasteiger partial charge in [-0.2, -0.15) is 0 Å². The van der Waals surface area contributed by atoms with Gasteiger partial charge < -0.3 is 0 Å². The Kier molecular flexibility index (Phi) is 3.37. The summed E-state index contributed by atoms with van der Waals surface area (Å²) in [7, 11) is 0. The minimum absolute atomic E-state index is 1.03. The molecule has 0 fully saturated rings. The Balaban J connectivity index is 0.000000581. The topological polar surface area (TPSA) is 0 Å². The van der Waals surface area contributed by atoms with E-state index in [4.69, 9.17) is 0 Å². The molecule has 0 aromatic heterocycles. The van der Waals surface area contributed by atoms with E-state index >= 15 is 0 Å². The van der Waals surface area contributed by atoms with Crippen molar-refractivity contribution in [3.05, 3.63) is 82.5 Å². The molecule has 2 aliphatic rings. The Labute approximate surface area is 124 Å². The standard InChI is InChI=1S/C17H11S.C2H4/c18-11-9-16-14-7-3-1-5-12(14)13-6-2-4-8-15(13)17(16)10-11;1-2/h1-10,18H;1-2H2. The highest BCUT2D eigenvalue weighted by Crippen LogP contribution is 2.25. The lowest BCUT2D eigenvalue weighted by Crippen LogP contribution is -2.30. The maximum absolute atomic E-state index is 4.49. The molecule has 2 aliphatic carbocycles. The number of benzene rings is 2. The van der Waals surface area contributed by atoms with Crippen molar-refractivity contribution in [3.8, 4) is 0 Å². The first kappa shape index (κ1) is 13.0. The second-order valence-electron chi connectivity index (χ2n) is 4.63. The van der Waals surface area contributed by atoms with E-state index in [0.717, 1.165) is 4.91 Å². The third-order valence-electron chi connectivity index (χ3n) is 3.60. The summed E-state index contributed by atoms with van der Waals surface area (Å²) < 4.78 is 0. The van der Waals surface area contributed by atoms with Gasteiger partial charge in [0.1, 0.15) is 0 Å². The summed E-state index contributed by atoms with van der Waals surface area (Å²) >= 11 is 4.49. The van der Waals surface area contributed by atoms with Crippen molar-refractivity contribution in [2.24, 2.45) is 0 Å². The molecular weight excluding hydrogens is 260 g/mol. The zero-order chi connectivity index (χ0) is 14.1. The molecule has 1 radical (unpaired) electrons. The molecule has 0 atom stereocenters. The average molecular weight is 275 g/mol. The van der Waals surface area contributed by atoms with E-state index < -0.39 is 0 Å². The molecule has 97 valence electrons. The third kappa shape index (κ3) is 1.86. The summed E-state index contributed by atoms with van der Waals surface area (Å²) in [4.78, 5) is 1.03. The Hall–Kier alpha value is -1.99. The number of hydrogen-bond acceptors (Lipinski definition) is 1. The normalized spacial score (nSPS) is 14.3. The number of thiol groups is 1. The fourth-order valence-corrected chi connectivity index (χ4v) is 3.10. The molecule has 20 heavy (non-hydrogen) atoms. The monoisotopic (exact) mass is 275 g/mol. The van der Waals surface area contributed by atoms with Gasteiger partial charge in [-0.25, -0.2) is 0 Å².